The molecule has 0 aromatic heterocycles. The Hall–Kier alpha value is -4.66. The number of hydrogen-bond donors (Lipinski definition) is 2. The zero-order chi connectivity index (χ0) is 46.6. The predicted octanol–water partition coefficient (Wildman–Crippen LogP) is 8.22. The van der Waals surface area contributed by atoms with Crippen LogP contribution in [0.15, 0.2) is 60.7 Å². The van der Waals surface area contributed by atoms with Gasteiger partial charge in [-0.15, -0.1) is 0 Å². The van der Waals surface area contributed by atoms with Crippen molar-refractivity contribution in [2.45, 2.75) is 150 Å². The van der Waals surface area contributed by atoms with Crippen LogP contribution in [-0.4, -0.2) is 84.9 Å². The fraction of sp³-hybridized carbons (Fsp3) is 0.596. The molecular formula is C47H67ClN2O12. The van der Waals surface area contributed by atoms with Gasteiger partial charge in [0.2, 0.25) is 5.91 Å². The van der Waals surface area contributed by atoms with Crippen LogP contribution in [0.5, 0.6) is 5.75 Å². The molecule has 2 aromatic carbocycles. The molecule has 0 bridgehead atoms. The molecule has 1 heterocycles. The van der Waals surface area contributed by atoms with Gasteiger partial charge >= 0.3 is 24.0 Å². The topological polar surface area (TPSA) is 174 Å². The molecule has 2 N–H and O–H groups in total. The third-order valence-electron chi connectivity index (χ3n) is 9.51. The normalized spacial score (nSPS) is 18.8. The number of benzene rings is 2. The van der Waals surface area contributed by atoms with Crippen molar-refractivity contribution in [3.8, 4) is 5.75 Å². The second-order valence-corrected chi connectivity index (χ2v) is 18.9. The molecule has 15 heteroatoms. The molecule has 14 nitrogen and oxygen atoms in total. The van der Waals surface area contributed by atoms with Crippen LogP contribution in [0.2, 0.25) is 5.02 Å². The Morgan fingerprint density at radius 3 is 2.10 bits per heavy atom. The summed E-state index contributed by atoms with van der Waals surface area (Å²) in [6, 6.07) is 13.5. The summed E-state index contributed by atoms with van der Waals surface area (Å²) >= 11 is 6.33. The standard InChI is InChI=1S/C47H67ClN2O12/c1-28(2)24-37(58-42(53)29(3)27-49-41(52)34(50-44(55)62-46(8,9)10)26-31-22-23-36(56-13)33(48)25-31)43(54)57-35(20-17-21-38(51)59-45(5,6)7)30(4)39-40(61-47(11,12)60-39)32-18-15-14-16-19-32/h14-19,21-23,25,28-30,34-35,37,39-40H,20,24,26-27H2,1-13H3,(H,49,52)(H,50,55)/b21-17+/t29-,30+,34-,35+,37+,39-,40-/m1/s1. The summed E-state index contributed by atoms with van der Waals surface area (Å²) in [5.74, 6) is -4.65. The maximum Gasteiger partial charge on any atom is 0.408 e. The van der Waals surface area contributed by atoms with Gasteiger partial charge in [-0.1, -0.05) is 81.8 Å². The van der Waals surface area contributed by atoms with Gasteiger partial charge in [0.15, 0.2) is 11.9 Å². The quantitative estimate of drug-likeness (QED) is 0.0787. The van der Waals surface area contributed by atoms with Gasteiger partial charge in [-0.05, 0) is 91.0 Å². The van der Waals surface area contributed by atoms with Crippen molar-refractivity contribution in [3.63, 3.8) is 0 Å². The highest BCUT2D eigenvalue weighted by atomic mass is 35.5. The first-order valence-electron chi connectivity index (χ1n) is 21.1. The third-order valence-corrected chi connectivity index (χ3v) is 9.81. The van der Waals surface area contributed by atoms with Crippen LogP contribution in [0, 0.1) is 17.8 Å². The fourth-order valence-electron chi connectivity index (χ4n) is 6.58. The maximum atomic E-state index is 14.1. The largest absolute Gasteiger partial charge is 0.495 e. The minimum Gasteiger partial charge on any atom is -0.495 e. The van der Waals surface area contributed by atoms with E-state index in [-0.39, 0.29) is 31.7 Å². The number of amides is 2. The van der Waals surface area contributed by atoms with E-state index in [0.29, 0.717) is 16.3 Å². The molecule has 2 amide bonds. The lowest BCUT2D eigenvalue weighted by atomic mass is 9.89. The molecular weight excluding hydrogens is 820 g/mol. The molecule has 0 radical (unpaired) electrons. The number of nitrogens with one attached hydrogen (secondary N) is 2. The Labute approximate surface area is 372 Å². The Morgan fingerprint density at radius 1 is 0.871 bits per heavy atom. The van der Waals surface area contributed by atoms with Crippen LogP contribution in [0.1, 0.15) is 113 Å². The summed E-state index contributed by atoms with van der Waals surface area (Å²) in [5, 5.41) is 5.67. The predicted molar refractivity (Wildman–Crippen MR) is 234 cm³/mol. The van der Waals surface area contributed by atoms with Gasteiger partial charge in [-0.25, -0.2) is 14.4 Å². The van der Waals surface area contributed by atoms with Gasteiger partial charge in [0.05, 0.1) is 24.2 Å². The molecule has 0 aliphatic carbocycles. The minimum atomic E-state index is -1.30. The third kappa shape index (κ3) is 17.2. The van der Waals surface area contributed by atoms with Crippen molar-refractivity contribution in [3.05, 3.63) is 76.8 Å². The molecule has 1 fully saturated rings. The SMILES string of the molecule is COc1ccc(C[C@@H](NC(=O)OC(C)(C)C)C(=O)NC[C@@H](C)C(=O)O[C@@H](CC(C)C)C(=O)O[C@@H](C/C=C/C(=O)OC(C)(C)C)[C@H](C)[C@H]2OC(C)(C)O[C@@H]2c2ccccc2)cc1Cl. The molecule has 0 spiro atoms. The van der Waals surface area contributed by atoms with E-state index < -0.39 is 89.2 Å². The number of methoxy groups -OCH3 is 1. The first kappa shape index (κ1) is 51.7. The molecule has 1 saturated heterocycles. The van der Waals surface area contributed by atoms with Crippen molar-refractivity contribution < 1.29 is 57.1 Å². The monoisotopic (exact) mass is 886 g/mol. The van der Waals surface area contributed by atoms with Gasteiger partial charge < -0.3 is 43.8 Å². The van der Waals surface area contributed by atoms with Crippen LogP contribution >= 0.6 is 11.6 Å². The molecule has 3 rings (SSSR count). The van der Waals surface area contributed by atoms with E-state index in [2.05, 4.69) is 10.6 Å². The summed E-state index contributed by atoms with van der Waals surface area (Å²) < 4.78 is 40.8. The zero-order valence-electron chi connectivity index (χ0n) is 38.5. The van der Waals surface area contributed by atoms with Crippen LogP contribution in [-0.2, 0) is 54.0 Å². The van der Waals surface area contributed by atoms with Gasteiger partial charge in [0.25, 0.3) is 0 Å². The number of hydrogen-bond acceptors (Lipinski definition) is 12. The second kappa shape index (κ2) is 22.6. The number of alkyl carbamates (subject to hydrolysis) is 1. The van der Waals surface area contributed by atoms with Crippen LogP contribution in [0.25, 0.3) is 0 Å². The lowest BCUT2D eigenvalue weighted by Gasteiger charge is -2.31. The Kier molecular flexibility index (Phi) is 18.9. The van der Waals surface area contributed by atoms with Gasteiger partial charge in [0.1, 0.15) is 35.2 Å². The van der Waals surface area contributed by atoms with Crippen LogP contribution < -0.4 is 15.4 Å². The summed E-state index contributed by atoms with van der Waals surface area (Å²) in [6.45, 7) is 21.0. The van der Waals surface area contributed by atoms with E-state index in [9.17, 15) is 24.0 Å². The molecule has 7 atom stereocenters. The molecule has 1 aliphatic heterocycles. The molecule has 0 saturated carbocycles. The highest BCUT2D eigenvalue weighted by Crippen LogP contribution is 2.43. The van der Waals surface area contributed by atoms with Gasteiger partial charge in [-0.2, -0.15) is 0 Å². The van der Waals surface area contributed by atoms with Crippen molar-refractivity contribution in [1.29, 1.82) is 0 Å². The van der Waals surface area contributed by atoms with Gasteiger partial charge in [-0.3, -0.25) is 9.59 Å². The Balaban J connectivity index is 1.80. The summed E-state index contributed by atoms with van der Waals surface area (Å²) in [5.41, 5.74) is -0.0130. The number of ether oxygens (including phenoxy) is 7. The second-order valence-electron chi connectivity index (χ2n) is 18.5. The van der Waals surface area contributed by atoms with E-state index >= 15 is 0 Å². The molecule has 344 valence electrons. The van der Waals surface area contributed by atoms with E-state index in [0.717, 1.165) is 5.56 Å². The summed E-state index contributed by atoms with van der Waals surface area (Å²) in [6.07, 6.45) is -0.829. The number of rotatable bonds is 19. The molecule has 1 aliphatic rings. The van der Waals surface area contributed by atoms with Gasteiger partial charge in [0, 0.05) is 31.4 Å². The van der Waals surface area contributed by atoms with E-state index in [4.69, 9.17) is 44.8 Å². The van der Waals surface area contributed by atoms with E-state index in [1.807, 2.05) is 65.0 Å². The first-order valence-corrected chi connectivity index (χ1v) is 21.5. The van der Waals surface area contributed by atoms with E-state index in [1.54, 1.807) is 72.7 Å². The minimum absolute atomic E-state index is 0.0457. The number of carbonyl (C=O) groups is 5. The zero-order valence-corrected chi connectivity index (χ0v) is 39.3. The molecule has 0 unspecified atom stereocenters. The molecule has 2 aromatic rings. The average molecular weight is 888 g/mol. The fourth-order valence-corrected chi connectivity index (χ4v) is 6.86. The lowest BCUT2D eigenvalue weighted by molar-refractivity contribution is -0.180. The smallest absolute Gasteiger partial charge is 0.408 e. The van der Waals surface area contributed by atoms with E-state index in [1.165, 1.54) is 13.2 Å². The average Bonchev–Trinajstić information content (AvgIpc) is 3.49. The summed E-state index contributed by atoms with van der Waals surface area (Å²) in [7, 11) is 1.48. The maximum absolute atomic E-state index is 14.1. The lowest BCUT2D eigenvalue weighted by Crippen LogP contribution is -2.50. The number of carbonyl (C=O) groups excluding carboxylic acids is 5. The van der Waals surface area contributed by atoms with Crippen molar-refractivity contribution in [1.82, 2.24) is 10.6 Å². The van der Waals surface area contributed by atoms with Crippen LogP contribution in [0.3, 0.4) is 0 Å². The van der Waals surface area contributed by atoms with Crippen molar-refractivity contribution in [2.75, 3.05) is 13.7 Å². The summed E-state index contributed by atoms with van der Waals surface area (Å²) in [4.78, 5) is 66.7. The Bertz CT molecular complexity index is 1850. The first-order chi connectivity index (χ1) is 28.8. The molecule has 62 heavy (non-hydrogen) atoms. The number of halogens is 1. The highest BCUT2D eigenvalue weighted by Gasteiger charge is 2.47. The Morgan fingerprint density at radius 2 is 1.52 bits per heavy atom. The highest BCUT2D eigenvalue weighted by molar-refractivity contribution is 6.32. The van der Waals surface area contributed by atoms with Crippen molar-refractivity contribution >= 4 is 41.5 Å². The van der Waals surface area contributed by atoms with Crippen molar-refractivity contribution in [2.24, 2.45) is 17.8 Å². The van der Waals surface area contributed by atoms with Crippen LogP contribution in [0.4, 0.5) is 4.79 Å². The number of esters is 3.